The van der Waals surface area contributed by atoms with Crippen molar-refractivity contribution in [3.8, 4) is 0 Å². The van der Waals surface area contributed by atoms with Crippen LogP contribution in [0.1, 0.15) is 33.6 Å². The molecule has 0 rings (SSSR count). The third-order valence-corrected chi connectivity index (χ3v) is 1.63. The molecule has 3 N–H and O–H groups in total. The van der Waals surface area contributed by atoms with Crippen LogP contribution in [-0.2, 0) is 9.47 Å². The van der Waals surface area contributed by atoms with Gasteiger partial charge in [-0.2, -0.15) is 0 Å². The summed E-state index contributed by atoms with van der Waals surface area (Å²) in [7, 11) is 0. The zero-order valence-corrected chi connectivity index (χ0v) is 10.5. The highest BCUT2D eigenvalue weighted by molar-refractivity contribution is 5.67. The molecule has 0 heterocycles. The van der Waals surface area contributed by atoms with E-state index in [0.29, 0.717) is 26.3 Å². The predicted molar refractivity (Wildman–Crippen MR) is 63.3 cm³/mol. The van der Waals surface area contributed by atoms with Crippen LogP contribution in [0.4, 0.5) is 4.79 Å². The van der Waals surface area contributed by atoms with Crippen molar-refractivity contribution in [2.75, 3.05) is 26.3 Å². The summed E-state index contributed by atoms with van der Waals surface area (Å²) in [4.78, 5) is 11.2. The summed E-state index contributed by atoms with van der Waals surface area (Å²) in [6.07, 6.45) is 1.28. The molecule has 16 heavy (non-hydrogen) atoms. The normalized spacial score (nSPS) is 11.2. The van der Waals surface area contributed by atoms with Crippen LogP contribution in [0, 0.1) is 0 Å². The quantitative estimate of drug-likeness (QED) is 0.648. The molecule has 0 fully saturated rings. The summed E-state index contributed by atoms with van der Waals surface area (Å²) < 4.78 is 10.4. The van der Waals surface area contributed by atoms with Crippen LogP contribution in [0.2, 0.25) is 0 Å². The molecule has 0 aliphatic rings. The Balaban J connectivity index is 3.28. The number of rotatable bonds is 7. The molecule has 0 unspecified atom stereocenters. The van der Waals surface area contributed by atoms with Gasteiger partial charge in [-0.1, -0.05) is 0 Å². The summed E-state index contributed by atoms with van der Waals surface area (Å²) in [5.41, 5.74) is 4.87. The minimum absolute atomic E-state index is 0.380. The maximum atomic E-state index is 11.2. The number of amides is 1. The lowest BCUT2D eigenvalue weighted by Crippen LogP contribution is -2.33. The largest absolute Gasteiger partial charge is 0.444 e. The van der Waals surface area contributed by atoms with Crippen LogP contribution >= 0.6 is 0 Å². The molecule has 0 saturated carbocycles. The van der Waals surface area contributed by atoms with Gasteiger partial charge in [-0.25, -0.2) is 4.79 Å². The maximum Gasteiger partial charge on any atom is 0.407 e. The molecule has 1 amide bonds. The van der Waals surface area contributed by atoms with Gasteiger partial charge in [0.1, 0.15) is 5.60 Å². The van der Waals surface area contributed by atoms with Crippen molar-refractivity contribution in [1.82, 2.24) is 5.32 Å². The maximum absolute atomic E-state index is 11.2. The molecule has 0 radical (unpaired) electrons. The molecular weight excluding hydrogens is 208 g/mol. The molecule has 0 aromatic rings. The van der Waals surface area contributed by atoms with E-state index in [1.54, 1.807) is 0 Å². The predicted octanol–water partition coefficient (Wildman–Crippen LogP) is 1.27. The second-order valence-corrected chi connectivity index (χ2v) is 4.54. The lowest BCUT2D eigenvalue weighted by molar-refractivity contribution is 0.0520. The number of ether oxygens (including phenoxy) is 2. The molecule has 0 aromatic heterocycles. The highest BCUT2D eigenvalue weighted by Gasteiger charge is 2.15. The summed E-state index contributed by atoms with van der Waals surface area (Å²) in [6.45, 7) is 8.04. The van der Waals surface area contributed by atoms with E-state index >= 15 is 0 Å². The third kappa shape index (κ3) is 11.3. The zero-order chi connectivity index (χ0) is 12.4. The highest BCUT2D eigenvalue weighted by Crippen LogP contribution is 2.06. The van der Waals surface area contributed by atoms with Crippen LogP contribution in [0.3, 0.4) is 0 Å². The van der Waals surface area contributed by atoms with Gasteiger partial charge in [-0.05, 0) is 40.2 Å². The van der Waals surface area contributed by atoms with Crippen molar-refractivity contribution in [2.45, 2.75) is 39.2 Å². The van der Waals surface area contributed by atoms with Crippen LogP contribution in [-0.4, -0.2) is 38.0 Å². The Morgan fingerprint density at radius 3 is 2.44 bits per heavy atom. The number of carbonyl (C=O) groups is 1. The Kier molecular flexibility index (Phi) is 7.93. The standard InChI is InChI=1S/C11H24N2O3/c1-11(2,3)16-10(14)13-7-5-9-15-8-4-6-12/h4-9,12H2,1-3H3,(H,13,14). The van der Waals surface area contributed by atoms with Gasteiger partial charge < -0.3 is 20.5 Å². The molecule has 5 heteroatoms. The fraction of sp³-hybridized carbons (Fsp3) is 0.909. The average Bonchev–Trinajstić information content (AvgIpc) is 2.13. The zero-order valence-electron chi connectivity index (χ0n) is 10.5. The van der Waals surface area contributed by atoms with Crippen LogP contribution in [0.15, 0.2) is 0 Å². The van der Waals surface area contributed by atoms with Crippen molar-refractivity contribution in [2.24, 2.45) is 5.73 Å². The van der Waals surface area contributed by atoms with Crippen LogP contribution < -0.4 is 11.1 Å². The Labute approximate surface area is 97.7 Å². The van der Waals surface area contributed by atoms with Gasteiger partial charge in [-0.15, -0.1) is 0 Å². The second kappa shape index (κ2) is 8.35. The van der Waals surface area contributed by atoms with Crippen LogP contribution in [0.25, 0.3) is 0 Å². The number of nitrogens with one attached hydrogen (secondary N) is 1. The molecule has 0 spiro atoms. The number of alkyl carbamates (subject to hydrolysis) is 1. The Bertz CT molecular complexity index is 190. The van der Waals surface area contributed by atoms with Crippen LogP contribution in [0.5, 0.6) is 0 Å². The molecular formula is C11H24N2O3. The van der Waals surface area contributed by atoms with E-state index in [2.05, 4.69) is 5.32 Å². The molecule has 0 aliphatic carbocycles. The minimum atomic E-state index is -0.443. The monoisotopic (exact) mass is 232 g/mol. The van der Waals surface area contributed by atoms with Gasteiger partial charge in [0.15, 0.2) is 0 Å². The first kappa shape index (κ1) is 15.2. The van der Waals surface area contributed by atoms with Crippen molar-refractivity contribution in [1.29, 1.82) is 0 Å². The van der Waals surface area contributed by atoms with Gasteiger partial charge in [0.2, 0.25) is 0 Å². The van der Waals surface area contributed by atoms with E-state index in [0.717, 1.165) is 12.8 Å². The number of hydrogen-bond acceptors (Lipinski definition) is 4. The SMILES string of the molecule is CC(C)(C)OC(=O)NCCCOCCCN. The van der Waals surface area contributed by atoms with Crippen molar-refractivity contribution in [3.05, 3.63) is 0 Å². The van der Waals surface area contributed by atoms with Crippen molar-refractivity contribution in [3.63, 3.8) is 0 Å². The molecule has 0 aliphatic heterocycles. The fourth-order valence-electron chi connectivity index (χ4n) is 0.966. The number of hydrogen-bond donors (Lipinski definition) is 2. The first-order valence-electron chi connectivity index (χ1n) is 5.70. The Hall–Kier alpha value is -0.810. The average molecular weight is 232 g/mol. The Morgan fingerprint density at radius 1 is 1.25 bits per heavy atom. The molecule has 0 bridgehead atoms. The molecule has 0 aromatic carbocycles. The Morgan fingerprint density at radius 2 is 1.88 bits per heavy atom. The number of carbonyl (C=O) groups excluding carboxylic acids is 1. The molecule has 0 atom stereocenters. The second-order valence-electron chi connectivity index (χ2n) is 4.54. The molecule has 5 nitrogen and oxygen atoms in total. The summed E-state index contributed by atoms with van der Waals surface area (Å²) in [6, 6.07) is 0. The van der Waals surface area contributed by atoms with Gasteiger partial charge in [-0.3, -0.25) is 0 Å². The van der Waals surface area contributed by atoms with E-state index in [1.807, 2.05) is 20.8 Å². The highest BCUT2D eigenvalue weighted by atomic mass is 16.6. The van der Waals surface area contributed by atoms with Crippen molar-refractivity contribution < 1.29 is 14.3 Å². The molecule has 0 saturated heterocycles. The third-order valence-electron chi connectivity index (χ3n) is 1.63. The van der Waals surface area contributed by atoms with Gasteiger partial charge in [0.05, 0.1) is 0 Å². The van der Waals surface area contributed by atoms with E-state index in [1.165, 1.54) is 0 Å². The lowest BCUT2D eigenvalue weighted by Gasteiger charge is -2.19. The minimum Gasteiger partial charge on any atom is -0.444 e. The van der Waals surface area contributed by atoms with E-state index in [4.69, 9.17) is 15.2 Å². The van der Waals surface area contributed by atoms with Gasteiger partial charge >= 0.3 is 6.09 Å². The van der Waals surface area contributed by atoms with E-state index in [9.17, 15) is 4.79 Å². The molecule has 96 valence electrons. The number of nitrogens with two attached hydrogens (primary N) is 1. The van der Waals surface area contributed by atoms with Crippen molar-refractivity contribution >= 4 is 6.09 Å². The fourth-order valence-corrected chi connectivity index (χ4v) is 0.966. The van der Waals surface area contributed by atoms with Gasteiger partial charge in [0.25, 0.3) is 0 Å². The smallest absolute Gasteiger partial charge is 0.407 e. The van der Waals surface area contributed by atoms with E-state index in [-0.39, 0.29) is 6.09 Å². The first-order chi connectivity index (χ1) is 7.45. The first-order valence-corrected chi connectivity index (χ1v) is 5.70. The van der Waals surface area contributed by atoms with Gasteiger partial charge in [0, 0.05) is 19.8 Å². The van der Waals surface area contributed by atoms with E-state index < -0.39 is 5.60 Å². The lowest BCUT2D eigenvalue weighted by atomic mass is 10.2. The summed E-state index contributed by atoms with van der Waals surface area (Å²) >= 11 is 0. The summed E-state index contributed by atoms with van der Waals surface area (Å²) in [5.74, 6) is 0. The topological polar surface area (TPSA) is 73.6 Å². The summed E-state index contributed by atoms with van der Waals surface area (Å²) in [5, 5.41) is 2.66.